The molecule has 1 aliphatic heterocycles. The van der Waals surface area contributed by atoms with Crippen LogP contribution in [-0.4, -0.2) is 19.1 Å². The highest BCUT2D eigenvalue weighted by Gasteiger charge is 2.19. The molecule has 2 aromatic carbocycles. The van der Waals surface area contributed by atoms with Crippen LogP contribution in [0.4, 0.5) is 14.5 Å². The highest BCUT2D eigenvalue weighted by molar-refractivity contribution is 5.97. The predicted molar refractivity (Wildman–Crippen MR) is 99.5 cm³/mol. The van der Waals surface area contributed by atoms with Crippen molar-refractivity contribution in [3.8, 4) is 5.75 Å². The Balaban J connectivity index is 0.00000243. The Bertz CT molecular complexity index is 771. The summed E-state index contributed by atoms with van der Waals surface area (Å²) < 4.78 is 29.1. The van der Waals surface area contributed by atoms with Crippen molar-refractivity contribution in [3.63, 3.8) is 0 Å². The number of hydrogen-bond acceptors (Lipinski definition) is 3. The monoisotopic (exact) mass is 382 g/mol. The first kappa shape index (κ1) is 20.0. The van der Waals surface area contributed by atoms with E-state index < -0.39 is 6.61 Å². The summed E-state index contributed by atoms with van der Waals surface area (Å²) in [4.78, 5) is 12.7. The Morgan fingerprint density at radius 1 is 1.23 bits per heavy atom. The van der Waals surface area contributed by atoms with Gasteiger partial charge in [-0.05, 0) is 55.2 Å². The molecule has 1 atom stereocenters. The summed E-state index contributed by atoms with van der Waals surface area (Å²) in [6.07, 6.45) is 1.85. The van der Waals surface area contributed by atoms with E-state index in [0.717, 1.165) is 30.6 Å². The number of carbonyl (C=O) groups is 1. The number of rotatable bonds is 5. The highest BCUT2D eigenvalue weighted by Crippen LogP contribution is 2.26. The van der Waals surface area contributed by atoms with E-state index in [1.165, 1.54) is 12.1 Å². The van der Waals surface area contributed by atoms with Crippen LogP contribution >= 0.6 is 12.4 Å². The molecule has 1 unspecified atom stereocenters. The summed E-state index contributed by atoms with van der Waals surface area (Å²) in [6.45, 7) is -0.151. The van der Waals surface area contributed by atoms with Gasteiger partial charge in [0.1, 0.15) is 5.75 Å². The van der Waals surface area contributed by atoms with Crippen molar-refractivity contribution >= 4 is 24.0 Å². The second-order valence-electron chi connectivity index (χ2n) is 6.01. The molecule has 1 heterocycles. The molecule has 3 rings (SSSR count). The normalized spacial score (nSPS) is 13.8. The van der Waals surface area contributed by atoms with E-state index >= 15 is 0 Å². The number of alkyl halides is 2. The van der Waals surface area contributed by atoms with Crippen molar-refractivity contribution in [2.75, 3.05) is 11.9 Å². The van der Waals surface area contributed by atoms with Crippen LogP contribution in [0.25, 0.3) is 0 Å². The lowest BCUT2D eigenvalue weighted by Crippen LogP contribution is -2.28. The average Bonchev–Trinajstić information content (AvgIpc) is 2.60. The van der Waals surface area contributed by atoms with Gasteiger partial charge in [0.15, 0.2) is 0 Å². The summed E-state index contributed by atoms with van der Waals surface area (Å²) in [7, 11) is 0. The third-order valence-electron chi connectivity index (χ3n) is 4.27. The van der Waals surface area contributed by atoms with Gasteiger partial charge < -0.3 is 15.4 Å². The molecule has 0 saturated carbocycles. The lowest BCUT2D eigenvalue weighted by atomic mass is 9.96. The molecule has 1 amide bonds. The van der Waals surface area contributed by atoms with Crippen LogP contribution in [0.15, 0.2) is 42.5 Å². The molecular formula is C19H21ClF2N2O2. The van der Waals surface area contributed by atoms with E-state index in [4.69, 9.17) is 0 Å². The molecule has 7 heteroatoms. The van der Waals surface area contributed by atoms with E-state index in [2.05, 4.69) is 15.4 Å². The zero-order valence-corrected chi connectivity index (χ0v) is 15.1. The van der Waals surface area contributed by atoms with Crippen molar-refractivity contribution in [1.29, 1.82) is 0 Å². The van der Waals surface area contributed by atoms with Crippen molar-refractivity contribution in [3.05, 3.63) is 59.2 Å². The molecule has 0 fully saturated rings. The summed E-state index contributed by atoms with van der Waals surface area (Å²) >= 11 is 0. The van der Waals surface area contributed by atoms with E-state index in [-0.39, 0.29) is 30.1 Å². The first-order valence-corrected chi connectivity index (χ1v) is 8.26. The SMILES string of the molecule is CC(NC(=O)c1cccc2c1CCCN2)c1cccc(OC(F)F)c1.Cl. The molecule has 0 aromatic heterocycles. The van der Waals surface area contributed by atoms with E-state index in [0.29, 0.717) is 11.1 Å². The fourth-order valence-corrected chi connectivity index (χ4v) is 3.04. The Hall–Kier alpha value is -2.34. The molecular weight excluding hydrogens is 362 g/mol. The van der Waals surface area contributed by atoms with Crippen molar-refractivity contribution in [2.24, 2.45) is 0 Å². The fraction of sp³-hybridized carbons (Fsp3) is 0.316. The van der Waals surface area contributed by atoms with Crippen LogP contribution in [0.5, 0.6) is 5.75 Å². The standard InChI is InChI=1S/C19H20F2N2O2.ClH/c1-12(13-5-2-6-14(11-13)25-19(20)21)23-18(24)16-7-3-9-17-15(16)8-4-10-22-17;/h2-3,5-7,9,11-12,19,22H,4,8,10H2,1H3,(H,23,24);1H. The van der Waals surface area contributed by atoms with Crippen molar-refractivity contribution in [2.45, 2.75) is 32.4 Å². The van der Waals surface area contributed by atoms with E-state index in [1.807, 2.05) is 25.1 Å². The summed E-state index contributed by atoms with van der Waals surface area (Å²) in [5.74, 6) is -0.0943. The number of fused-ring (bicyclic) bond motifs is 1. The van der Waals surface area contributed by atoms with Gasteiger partial charge >= 0.3 is 6.61 Å². The van der Waals surface area contributed by atoms with Crippen LogP contribution < -0.4 is 15.4 Å². The largest absolute Gasteiger partial charge is 0.435 e. The molecule has 1 aliphatic rings. The van der Waals surface area contributed by atoms with Gasteiger partial charge in [-0.2, -0.15) is 8.78 Å². The number of halogens is 3. The van der Waals surface area contributed by atoms with Gasteiger partial charge in [0, 0.05) is 17.8 Å². The fourth-order valence-electron chi connectivity index (χ4n) is 3.04. The molecule has 0 bridgehead atoms. The average molecular weight is 383 g/mol. The Labute approximate surface area is 157 Å². The Morgan fingerprint density at radius 3 is 2.77 bits per heavy atom. The molecule has 140 valence electrons. The zero-order chi connectivity index (χ0) is 17.8. The van der Waals surface area contributed by atoms with Crippen LogP contribution in [-0.2, 0) is 6.42 Å². The van der Waals surface area contributed by atoms with Gasteiger partial charge in [-0.1, -0.05) is 18.2 Å². The van der Waals surface area contributed by atoms with Gasteiger partial charge in [0.2, 0.25) is 0 Å². The van der Waals surface area contributed by atoms with Gasteiger partial charge in [0.25, 0.3) is 5.91 Å². The second kappa shape index (κ2) is 8.85. The third kappa shape index (κ3) is 4.64. The lowest BCUT2D eigenvalue weighted by molar-refractivity contribution is -0.0499. The molecule has 2 N–H and O–H groups in total. The number of carbonyl (C=O) groups excluding carboxylic acids is 1. The number of anilines is 1. The Kier molecular flexibility index (Phi) is 6.80. The summed E-state index contributed by atoms with van der Waals surface area (Å²) in [6, 6.07) is 11.7. The van der Waals surface area contributed by atoms with Crippen LogP contribution in [0, 0.1) is 0 Å². The number of nitrogens with one attached hydrogen (secondary N) is 2. The molecule has 0 aliphatic carbocycles. The van der Waals surface area contributed by atoms with E-state index in [1.54, 1.807) is 12.1 Å². The highest BCUT2D eigenvalue weighted by atomic mass is 35.5. The predicted octanol–water partition coefficient (Wildman–Crippen LogP) is 4.56. The topological polar surface area (TPSA) is 50.4 Å². The molecule has 0 saturated heterocycles. The minimum atomic E-state index is -2.87. The van der Waals surface area contributed by atoms with Crippen molar-refractivity contribution < 1.29 is 18.3 Å². The van der Waals surface area contributed by atoms with E-state index in [9.17, 15) is 13.6 Å². The molecule has 0 spiro atoms. The maximum absolute atomic E-state index is 12.7. The summed E-state index contributed by atoms with van der Waals surface area (Å²) in [5.41, 5.74) is 3.37. The number of amides is 1. The number of hydrogen-bond donors (Lipinski definition) is 2. The number of benzene rings is 2. The Morgan fingerprint density at radius 2 is 2.00 bits per heavy atom. The molecule has 26 heavy (non-hydrogen) atoms. The lowest BCUT2D eigenvalue weighted by Gasteiger charge is -2.22. The van der Waals surface area contributed by atoms with Gasteiger partial charge in [-0.15, -0.1) is 12.4 Å². The van der Waals surface area contributed by atoms with Crippen LogP contribution in [0.1, 0.15) is 40.9 Å². The third-order valence-corrected chi connectivity index (χ3v) is 4.27. The smallest absolute Gasteiger partial charge is 0.387 e. The quantitative estimate of drug-likeness (QED) is 0.797. The van der Waals surface area contributed by atoms with Crippen LogP contribution in [0.3, 0.4) is 0 Å². The summed E-state index contributed by atoms with van der Waals surface area (Å²) in [5, 5.41) is 6.23. The van der Waals surface area contributed by atoms with Gasteiger partial charge in [-0.3, -0.25) is 4.79 Å². The first-order valence-electron chi connectivity index (χ1n) is 8.26. The second-order valence-corrected chi connectivity index (χ2v) is 6.01. The van der Waals surface area contributed by atoms with Crippen LogP contribution in [0.2, 0.25) is 0 Å². The molecule has 4 nitrogen and oxygen atoms in total. The minimum absolute atomic E-state index is 0. The first-order chi connectivity index (χ1) is 12.0. The maximum Gasteiger partial charge on any atom is 0.387 e. The van der Waals surface area contributed by atoms with Crippen molar-refractivity contribution in [1.82, 2.24) is 5.32 Å². The molecule has 2 aromatic rings. The van der Waals surface area contributed by atoms with Gasteiger partial charge in [-0.25, -0.2) is 0 Å². The maximum atomic E-state index is 12.7. The molecule has 0 radical (unpaired) electrons. The minimum Gasteiger partial charge on any atom is -0.435 e. The number of ether oxygens (including phenoxy) is 1. The van der Waals surface area contributed by atoms with Gasteiger partial charge in [0.05, 0.1) is 6.04 Å². The zero-order valence-electron chi connectivity index (χ0n) is 14.3.